The lowest BCUT2D eigenvalue weighted by Crippen LogP contribution is -2.50. The van der Waals surface area contributed by atoms with Gasteiger partial charge in [-0.3, -0.25) is 15.6 Å². The van der Waals surface area contributed by atoms with E-state index in [0.717, 1.165) is 27.4 Å². The fourth-order valence-electron chi connectivity index (χ4n) is 2.67. The van der Waals surface area contributed by atoms with Gasteiger partial charge in [0.15, 0.2) is 9.45 Å². The number of aromatic nitrogens is 1. The molecule has 1 fully saturated rings. The number of nitrogens with zero attached hydrogens (tertiary/aromatic N) is 1. The lowest BCUT2D eigenvalue weighted by molar-refractivity contribution is -0.119. The summed E-state index contributed by atoms with van der Waals surface area (Å²) in [5.41, 5.74) is 6.40. The molecule has 24 heavy (non-hydrogen) atoms. The van der Waals surface area contributed by atoms with Crippen LogP contribution in [0.1, 0.15) is 32.1 Å². The van der Waals surface area contributed by atoms with Crippen molar-refractivity contribution < 1.29 is 4.79 Å². The molecule has 3 N–H and O–H groups in total. The molecule has 0 unspecified atom stereocenters. The van der Waals surface area contributed by atoms with Gasteiger partial charge in [0, 0.05) is 6.04 Å². The van der Waals surface area contributed by atoms with Crippen LogP contribution in [0.2, 0.25) is 0 Å². The van der Waals surface area contributed by atoms with Crippen LogP contribution in [0.25, 0.3) is 10.2 Å². The third kappa shape index (κ3) is 5.06. The van der Waals surface area contributed by atoms with Gasteiger partial charge in [-0.25, -0.2) is 4.98 Å². The Hall–Kier alpha value is -1.38. The highest BCUT2D eigenvalue weighted by molar-refractivity contribution is 8.01. The number of carbonyl (C=O) groups excluding carboxylic acids is 1. The van der Waals surface area contributed by atoms with Crippen LogP contribution in [0.5, 0.6) is 0 Å². The standard InChI is InChI=1S/C16H20N4OS3/c21-14(19-20-15(22)17-11-6-2-1-3-7-11)10-23-16-18-12-8-4-5-9-13(12)24-16/h4-5,8-9,11H,1-3,6-7,10H2,(H,19,21)(H2,17,20,22). The topological polar surface area (TPSA) is 66.0 Å². The van der Waals surface area contributed by atoms with Gasteiger partial charge in [-0.2, -0.15) is 0 Å². The molecule has 5 nitrogen and oxygen atoms in total. The predicted octanol–water partition coefficient (Wildman–Crippen LogP) is 3.22. The van der Waals surface area contributed by atoms with Crippen molar-refractivity contribution in [3.8, 4) is 0 Å². The molecule has 128 valence electrons. The number of hydrogen-bond donors (Lipinski definition) is 3. The van der Waals surface area contributed by atoms with Crippen molar-refractivity contribution in [1.82, 2.24) is 21.2 Å². The Kier molecular flexibility index (Phi) is 6.28. The molecule has 0 atom stereocenters. The summed E-state index contributed by atoms with van der Waals surface area (Å²) < 4.78 is 2.03. The van der Waals surface area contributed by atoms with Gasteiger partial charge >= 0.3 is 0 Å². The van der Waals surface area contributed by atoms with Gasteiger partial charge in [0.05, 0.1) is 16.0 Å². The quantitative estimate of drug-likeness (QED) is 0.430. The number of thioether (sulfide) groups is 1. The molecule has 1 aliphatic carbocycles. The maximum Gasteiger partial charge on any atom is 0.248 e. The van der Waals surface area contributed by atoms with Crippen LogP contribution in [0.15, 0.2) is 28.6 Å². The summed E-state index contributed by atoms with van der Waals surface area (Å²) in [4.78, 5) is 16.4. The van der Waals surface area contributed by atoms with Crippen molar-refractivity contribution in [2.24, 2.45) is 0 Å². The Morgan fingerprint density at radius 3 is 2.83 bits per heavy atom. The normalized spacial score (nSPS) is 15.2. The van der Waals surface area contributed by atoms with E-state index in [4.69, 9.17) is 12.2 Å². The van der Waals surface area contributed by atoms with Crippen molar-refractivity contribution in [1.29, 1.82) is 0 Å². The van der Waals surface area contributed by atoms with Crippen molar-refractivity contribution in [3.05, 3.63) is 24.3 Å². The Morgan fingerprint density at radius 1 is 1.25 bits per heavy atom. The first-order valence-corrected chi connectivity index (χ1v) is 10.3. The third-order valence-electron chi connectivity index (χ3n) is 3.86. The van der Waals surface area contributed by atoms with Crippen molar-refractivity contribution >= 4 is 56.6 Å². The first kappa shape index (κ1) is 17.4. The lowest BCUT2D eigenvalue weighted by Gasteiger charge is -2.24. The molecule has 0 aliphatic heterocycles. The lowest BCUT2D eigenvalue weighted by atomic mass is 9.96. The Balaban J connectivity index is 1.38. The van der Waals surface area contributed by atoms with Crippen LogP contribution in [0, 0.1) is 0 Å². The van der Waals surface area contributed by atoms with Gasteiger partial charge in [0.25, 0.3) is 0 Å². The molecule has 8 heteroatoms. The number of amides is 1. The van der Waals surface area contributed by atoms with Gasteiger partial charge < -0.3 is 5.32 Å². The van der Waals surface area contributed by atoms with E-state index < -0.39 is 0 Å². The van der Waals surface area contributed by atoms with Crippen LogP contribution in [0.3, 0.4) is 0 Å². The Labute approximate surface area is 155 Å². The zero-order valence-electron chi connectivity index (χ0n) is 13.2. The molecule has 1 aromatic carbocycles. The fraction of sp³-hybridized carbons (Fsp3) is 0.438. The molecule has 1 heterocycles. The largest absolute Gasteiger partial charge is 0.359 e. The summed E-state index contributed by atoms with van der Waals surface area (Å²) in [5, 5.41) is 3.74. The predicted molar refractivity (Wildman–Crippen MR) is 104 cm³/mol. The highest BCUT2D eigenvalue weighted by atomic mass is 32.2. The average Bonchev–Trinajstić information content (AvgIpc) is 3.02. The molecule has 1 aliphatic rings. The summed E-state index contributed by atoms with van der Waals surface area (Å²) in [6, 6.07) is 8.40. The van der Waals surface area contributed by atoms with Gasteiger partial charge in [0.1, 0.15) is 0 Å². The smallest absolute Gasteiger partial charge is 0.248 e. The summed E-state index contributed by atoms with van der Waals surface area (Å²) in [5.74, 6) is 0.186. The molecule has 0 bridgehead atoms. The fourth-order valence-corrected chi connectivity index (χ4v) is 4.76. The second kappa shape index (κ2) is 8.64. The first-order valence-electron chi connectivity index (χ1n) is 8.04. The summed E-state index contributed by atoms with van der Waals surface area (Å²) in [6.07, 6.45) is 6.07. The van der Waals surface area contributed by atoms with Gasteiger partial charge in [-0.05, 0) is 37.2 Å². The highest BCUT2D eigenvalue weighted by Crippen LogP contribution is 2.28. The van der Waals surface area contributed by atoms with Crippen molar-refractivity contribution in [3.63, 3.8) is 0 Å². The molecule has 0 saturated heterocycles. The van der Waals surface area contributed by atoms with Gasteiger partial charge in [0.2, 0.25) is 5.91 Å². The number of para-hydroxylation sites is 1. The van der Waals surface area contributed by atoms with Crippen LogP contribution in [0.4, 0.5) is 0 Å². The van der Waals surface area contributed by atoms with Crippen molar-refractivity contribution in [2.45, 2.75) is 42.5 Å². The van der Waals surface area contributed by atoms with Gasteiger partial charge in [-0.15, -0.1) is 11.3 Å². The number of nitrogens with one attached hydrogen (secondary N) is 3. The van der Waals surface area contributed by atoms with E-state index in [0.29, 0.717) is 16.9 Å². The van der Waals surface area contributed by atoms with E-state index in [-0.39, 0.29) is 5.91 Å². The van der Waals surface area contributed by atoms with E-state index in [2.05, 4.69) is 21.2 Å². The maximum absolute atomic E-state index is 11.9. The minimum Gasteiger partial charge on any atom is -0.359 e. The average molecular weight is 381 g/mol. The SMILES string of the molecule is O=C(CSc1nc2ccccc2s1)NNC(=S)NC1CCCCC1. The van der Waals surface area contributed by atoms with E-state index in [1.807, 2.05) is 24.3 Å². The number of rotatable bonds is 4. The number of thiocarbonyl (C=S) groups is 1. The van der Waals surface area contributed by atoms with Crippen LogP contribution >= 0.6 is 35.3 Å². The molecular weight excluding hydrogens is 360 g/mol. The number of fused-ring (bicyclic) bond motifs is 1. The van der Waals surface area contributed by atoms with E-state index in [1.54, 1.807) is 11.3 Å². The van der Waals surface area contributed by atoms with E-state index in [9.17, 15) is 4.79 Å². The molecule has 1 saturated carbocycles. The molecule has 3 rings (SSSR count). The summed E-state index contributed by atoms with van der Waals surface area (Å²) >= 11 is 8.25. The summed E-state index contributed by atoms with van der Waals surface area (Å²) in [6.45, 7) is 0. The minimum absolute atomic E-state index is 0.118. The second-order valence-electron chi connectivity index (χ2n) is 5.72. The van der Waals surface area contributed by atoms with Gasteiger partial charge in [-0.1, -0.05) is 43.2 Å². The second-order valence-corrected chi connectivity index (χ2v) is 8.38. The Morgan fingerprint density at radius 2 is 2.04 bits per heavy atom. The number of carbonyl (C=O) groups is 1. The number of thiazole rings is 1. The molecule has 0 spiro atoms. The first-order chi connectivity index (χ1) is 11.7. The van der Waals surface area contributed by atoms with Crippen LogP contribution < -0.4 is 16.2 Å². The molecule has 2 aromatic rings. The maximum atomic E-state index is 11.9. The Bertz CT molecular complexity index is 679. The molecule has 1 amide bonds. The number of hydrazine groups is 1. The zero-order valence-corrected chi connectivity index (χ0v) is 15.7. The van der Waals surface area contributed by atoms with Crippen LogP contribution in [-0.4, -0.2) is 27.8 Å². The highest BCUT2D eigenvalue weighted by Gasteiger charge is 2.14. The molecular formula is C16H20N4OS3. The summed E-state index contributed by atoms with van der Waals surface area (Å²) in [7, 11) is 0. The van der Waals surface area contributed by atoms with Crippen LogP contribution in [-0.2, 0) is 4.79 Å². The monoisotopic (exact) mass is 380 g/mol. The molecule has 0 radical (unpaired) electrons. The van der Waals surface area contributed by atoms with E-state index >= 15 is 0 Å². The third-order valence-corrected chi connectivity index (χ3v) is 6.26. The zero-order chi connectivity index (χ0) is 16.8. The number of benzene rings is 1. The number of hydrogen-bond acceptors (Lipinski definition) is 5. The van der Waals surface area contributed by atoms with Crippen molar-refractivity contribution in [2.75, 3.05) is 5.75 Å². The minimum atomic E-state index is -0.118. The molecule has 1 aromatic heterocycles. The van der Waals surface area contributed by atoms with E-state index in [1.165, 1.54) is 31.0 Å².